The number of nitrogens with one attached hydrogen (secondary N) is 1. The van der Waals surface area contributed by atoms with E-state index in [4.69, 9.17) is 16.3 Å². The molecule has 0 bridgehead atoms. The predicted octanol–water partition coefficient (Wildman–Crippen LogP) is 7.60. The van der Waals surface area contributed by atoms with Gasteiger partial charge >= 0.3 is 6.18 Å². The molecule has 1 aliphatic heterocycles. The van der Waals surface area contributed by atoms with Crippen molar-refractivity contribution in [2.24, 2.45) is 0 Å². The SMILES string of the molecule is CCCCNC(=O)CC1SC(c2cccc(C(F)(F)F)c2)N(c2ccc(Oc3ccc(Cl)cc3)cc2)C1=O. The van der Waals surface area contributed by atoms with Crippen molar-refractivity contribution in [3.05, 3.63) is 88.9 Å². The van der Waals surface area contributed by atoms with Crippen LogP contribution in [0.2, 0.25) is 5.02 Å². The molecule has 2 amide bonds. The molecule has 2 atom stereocenters. The standard InChI is InChI=1S/C28H26ClF3N2O3S/c1-2-3-15-33-25(35)17-24-26(36)34(27(38-24)18-5-4-6-19(16-18)28(30,31)32)21-9-13-23(14-10-21)37-22-11-7-20(29)8-12-22/h4-14,16,24,27H,2-3,15,17H2,1H3,(H,33,35). The predicted molar refractivity (Wildman–Crippen MR) is 144 cm³/mol. The Bertz CT molecular complexity index is 1270. The third kappa shape index (κ3) is 6.82. The first-order chi connectivity index (χ1) is 18.2. The van der Waals surface area contributed by atoms with E-state index < -0.39 is 22.4 Å². The monoisotopic (exact) mass is 562 g/mol. The van der Waals surface area contributed by atoms with Crippen LogP contribution in [0.1, 0.15) is 42.7 Å². The molecule has 2 unspecified atom stereocenters. The Balaban J connectivity index is 1.60. The second-order valence-electron chi connectivity index (χ2n) is 8.77. The van der Waals surface area contributed by atoms with Crippen molar-refractivity contribution < 1.29 is 27.5 Å². The van der Waals surface area contributed by atoms with E-state index >= 15 is 0 Å². The van der Waals surface area contributed by atoms with Crippen molar-refractivity contribution in [1.29, 1.82) is 0 Å². The number of thioether (sulfide) groups is 1. The molecule has 5 nitrogen and oxygen atoms in total. The number of anilines is 1. The van der Waals surface area contributed by atoms with Crippen molar-refractivity contribution in [2.45, 2.75) is 43.0 Å². The van der Waals surface area contributed by atoms with Crippen molar-refractivity contribution in [1.82, 2.24) is 5.32 Å². The van der Waals surface area contributed by atoms with Gasteiger partial charge in [-0.1, -0.05) is 37.1 Å². The van der Waals surface area contributed by atoms with Crippen LogP contribution in [0.15, 0.2) is 72.8 Å². The molecular formula is C28H26ClF3N2O3S. The maximum atomic E-state index is 13.5. The van der Waals surface area contributed by atoms with Gasteiger partial charge in [-0.05, 0) is 72.6 Å². The van der Waals surface area contributed by atoms with Gasteiger partial charge in [0.15, 0.2) is 0 Å². The number of ether oxygens (including phenoxy) is 1. The summed E-state index contributed by atoms with van der Waals surface area (Å²) >= 11 is 7.09. The molecule has 0 radical (unpaired) electrons. The number of carbonyl (C=O) groups excluding carboxylic acids is 2. The highest BCUT2D eigenvalue weighted by Crippen LogP contribution is 2.47. The highest BCUT2D eigenvalue weighted by atomic mass is 35.5. The van der Waals surface area contributed by atoms with Crippen molar-refractivity contribution in [3.63, 3.8) is 0 Å². The first-order valence-corrected chi connectivity index (χ1v) is 13.4. The quantitative estimate of drug-likeness (QED) is 0.273. The normalized spacial score (nSPS) is 17.5. The lowest BCUT2D eigenvalue weighted by Gasteiger charge is -2.25. The number of alkyl halides is 3. The Kier molecular flexibility index (Phi) is 8.89. The molecule has 1 heterocycles. The molecule has 0 aliphatic carbocycles. The number of rotatable bonds is 9. The van der Waals surface area contributed by atoms with Gasteiger partial charge in [0.05, 0.1) is 10.8 Å². The lowest BCUT2D eigenvalue weighted by Crippen LogP contribution is -2.34. The molecule has 1 N–H and O–H groups in total. The molecular weight excluding hydrogens is 537 g/mol. The minimum absolute atomic E-state index is 0.0586. The summed E-state index contributed by atoms with van der Waals surface area (Å²) in [4.78, 5) is 27.4. The number of halogens is 4. The van der Waals surface area contributed by atoms with Crippen LogP contribution in [0.25, 0.3) is 0 Å². The fraction of sp³-hybridized carbons (Fsp3) is 0.286. The Hall–Kier alpha value is -3.17. The number of amides is 2. The molecule has 4 rings (SSSR count). The topological polar surface area (TPSA) is 58.6 Å². The van der Waals surface area contributed by atoms with E-state index in [9.17, 15) is 22.8 Å². The number of unbranched alkanes of at least 4 members (excludes halogenated alkanes) is 1. The summed E-state index contributed by atoms with van der Waals surface area (Å²) < 4.78 is 46.1. The van der Waals surface area contributed by atoms with Crippen LogP contribution in [0, 0.1) is 0 Å². The van der Waals surface area contributed by atoms with Crippen molar-refractivity contribution >= 4 is 40.9 Å². The van der Waals surface area contributed by atoms with Crippen LogP contribution in [0.3, 0.4) is 0 Å². The molecule has 3 aromatic carbocycles. The number of nitrogens with zero attached hydrogens (tertiary/aromatic N) is 1. The summed E-state index contributed by atoms with van der Waals surface area (Å²) in [6, 6.07) is 18.5. The molecule has 200 valence electrons. The van der Waals surface area contributed by atoms with Crippen LogP contribution >= 0.6 is 23.4 Å². The van der Waals surface area contributed by atoms with Gasteiger partial charge in [0.2, 0.25) is 11.8 Å². The van der Waals surface area contributed by atoms with E-state index in [0.29, 0.717) is 34.3 Å². The summed E-state index contributed by atoms with van der Waals surface area (Å²) in [7, 11) is 0. The molecule has 0 spiro atoms. The molecule has 0 aromatic heterocycles. The second kappa shape index (κ2) is 12.1. The van der Waals surface area contributed by atoms with Crippen LogP contribution < -0.4 is 15.0 Å². The molecule has 1 saturated heterocycles. The number of hydrogen-bond donors (Lipinski definition) is 1. The Morgan fingerprint density at radius 1 is 1.05 bits per heavy atom. The first kappa shape index (κ1) is 27.9. The summed E-state index contributed by atoms with van der Waals surface area (Å²) in [5, 5.41) is 1.91. The van der Waals surface area contributed by atoms with Gasteiger partial charge in [-0.2, -0.15) is 13.2 Å². The molecule has 1 aliphatic rings. The summed E-state index contributed by atoms with van der Waals surface area (Å²) in [6.07, 6.45) is -2.84. The highest BCUT2D eigenvalue weighted by Gasteiger charge is 2.43. The molecule has 0 saturated carbocycles. The maximum absolute atomic E-state index is 13.5. The molecule has 1 fully saturated rings. The van der Waals surface area contributed by atoms with Crippen LogP contribution in [0.4, 0.5) is 18.9 Å². The molecule has 10 heteroatoms. The lowest BCUT2D eigenvalue weighted by molar-refractivity contribution is -0.137. The minimum Gasteiger partial charge on any atom is -0.457 e. The zero-order chi connectivity index (χ0) is 27.3. The first-order valence-electron chi connectivity index (χ1n) is 12.1. The Morgan fingerprint density at radius 2 is 1.71 bits per heavy atom. The number of hydrogen-bond acceptors (Lipinski definition) is 4. The van der Waals surface area contributed by atoms with Crippen molar-refractivity contribution in [2.75, 3.05) is 11.4 Å². The third-order valence-electron chi connectivity index (χ3n) is 5.93. The van der Waals surface area contributed by atoms with E-state index in [-0.39, 0.29) is 18.2 Å². The minimum atomic E-state index is -4.52. The van der Waals surface area contributed by atoms with E-state index in [1.165, 1.54) is 22.7 Å². The number of carbonyl (C=O) groups is 2. The van der Waals surface area contributed by atoms with Gasteiger partial charge in [0.25, 0.3) is 0 Å². The molecule has 38 heavy (non-hydrogen) atoms. The fourth-order valence-electron chi connectivity index (χ4n) is 4.00. The van der Waals surface area contributed by atoms with E-state index in [1.54, 1.807) is 54.6 Å². The summed E-state index contributed by atoms with van der Waals surface area (Å²) in [6.45, 7) is 2.52. The van der Waals surface area contributed by atoms with Crippen LogP contribution in [-0.2, 0) is 15.8 Å². The van der Waals surface area contributed by atoms with Gasteiger partial charge in [-0.15, -0.1) is 11.8 Å². The average Bonchev–Trinajstić information content (AvgIpc) is 3.21. The average molecular weight is 563 g/mol. The number of benzene rings is 3. The largest absolute Gasteiger partial charge is 0.457 e. The second-order valence-corrected chi connectivity index (χ2v) is 10.5. The molecule has 3 aromatic rings. The van der Waals surface area contributed by atoms with Gasteiger partial charge in [0, 0.05) is 23.7 Å². The fourth-order valence-corrected chi connectivity index (χ4v) is 5.56. The van der Waals surface area contributed by atoms with Gasteiger partial charge < -0.3 is 10.1 Å². The van der Waals surface area contributed by atoms with E-state index in [2.05, 4.69) is 5.32 Å². The van der Waals surface area contributed by atoms with Gasteiger partial charge in [-0.25, -0.2) is 0 Å². The van der Waals surface area contributed by atoms with Gasteiger partial charge in [-0.3, -0.25) is 14.5 Å². The third-order valence-corrected chi connectivity index (χ3v) is 7.62. The smallest absolute Gasteiger partial charge is 0.416 e. The van der Waals surface area contributed by atoms with Crippen molar-refractivity contribution in [3.8, 4) is 11.5 Å². The van der Waals surface area contributed by atoms with Gasteiger partial charge in [0.1, 0.15) is 16.9 Å². The van der Waals surface area contributed by atoms with Crippen LogP contribution in [0.5, 0.6) is 11.5 Å². The van der Waals surface area contributed by atoms with E-state index in [1.807, 2.05) is 6.92 Å². The summed E-state index contributed by atoms with van der Waals surface area (Å²) in [5.74, 6) is 0.485. The zero-order valence-corrected chi connectivity index (χ0v) is 22.1. The maximum Gasteiger partial charge on any atom is 0.416 e. The lowest BCUT2D eigenvalue weighted by atomic mass is 10.1. The Morgan fingerprint density at radius 3 is 2.34 bits per heavy atom. The summed E-state index contributed by atoms with van der Waals surface area (Å²) in [5.41, 5.74) is 0.0197. The van der Waals surface area contributed by atoms with Crippen LogP contribution in [-0.4, -0.2) is 23.6 Å². The Labute approximate surface area is 228 Å². The van der Waals surface area contributed by atoms with E-state index in [0.717, 1.165) is 25.0 Å². The highest BCUT2D eigenvalue weighted by molar-refractivity contribution is 8.01. The zero-order valence-electron chi connectivity index (χ0n) is 20.5.